The molecular weight excluding hydrogens is 342 g/mol. The second-order valence-electron chi connectivity index (χ2n) is 7.22. The summed E-state index contributed by atoms with van der Waals surface area (Å²) in [4.78, 5) is 17.1. The van der Waals surface area contributed by atoms with Crippen LogP contribution in [0.25, 0.3) is 15.9 Å². The van der Waals surface area contributed by atoms with E-state index in [0.29, 0.717) is 6.04 Å². The lowest BCUT2D eigenvalue weighted by atomic mass is 10.00. The summed E-state index contributed by atoms with van der Waals surface area (Å²) in [5.74, 6) is 0.188. The van der Waals surface area contributed by atoms with Crippen molar-refractivity contribution < 1.29 is 4.79 Å². The number of carbonyl (C=O) groups excluding carboxylic acids is 1. The Morgan fingerprint density at radius 3 is 2.73 bits per heavy atom. The van der Waals surface area contributed by atoms with Gasteiger partial charge in [-0.05, 0) is 57.7 Å². The number of hydrogen-bond donors (Lipinski definition) is 0. The second-order valence-corrected chi connectivity index (χ2v) is 8.25. The lowest BCUT2D eigenvalue weighted by molar-refractivity contribution is 0.0613. The first-order valence-corrected chi connectivity index (χ1v) is 10.3. The summed E-state index contributed by atoms with van der Waals surface area (Å²) in [5, 5.41) is 5.78. The summed E-state index contributed by atoms with van der Waals surface area (Å²) in [6.45, 7) is 7.16. The molecule has 3 heterocycles. The van der Waals surface area contributed by atoms with Crippen LogP contribution in [0.3, 0.4) is 0 Å². The number of thiophene rings is 1. The number of rotatable bonds is 3. The van der Waals surface area contributed by atoms with E-state index < -0.39 is 0 Å². The molecule has 0 radical (unpaired) electrons. The van der Waals surface area contributed by atoms with E-state index in [1.165, 1.54) is 12.0 Å². The van der Waals surface area contributed by atoms with Gasteiger partial charge in [-0.15, -0.1) is 11.3 Å². The Hall–Kier alpha value is -2.14. The van der Waals surface area contributed by atoms with Crippen LogP contribution in [-0.2, 0) is 0 Å². The fraction of sp³-hybridized carbons (Fsp3) is 0.429. The molecule has 0 N–H and O–H groups in total. The molecule has 1 fully saturated rings. The van der Waals surface area contributed by atoms with Crippen molar-refractivity contribution in [1.82, 2.24) is 14.7 Å². The second kappa shape index (κ2) is 6.88. The maximum absolute atomic E-state index is 13.1. The predicted octanol–water partition coefficient (Wildman–Crippen LogP) is 5.11. The van der Waals surface area contributed by atoms with Gasteiger partial charge in [0.2, 0.25) is 0 Å². The lowest BCUT2D eigenvalue weighted by Crippen LogP contribution is -2.43. The van der Waals surface area contributed by atoms with Crippen LogP contribution in [0.15, 0.2) is 30.3 Å². The van der Waals surface area contributed by atoms with Crippen molar-refractivity contribution in [3.05, 3.63) is 46.5 Å². The topological polar surface area (TPSA) is 38.1 Å². The normalized spacial score (nSPS) is 17.8. The summed E-state index contributed by atoms with van der Waals surface area (Å²) in [5.41, 5.74) is 3.24. The van der Waals surface area contributed by atoms with Crippen LogP contribution < -0.4 is 0 Å². The molecule has 0 aliphatic carbocycles. The molecule has 26 heavy (non-hydrogen) atoms. The minimum absolute atomic E-state index is 0.188. The number of piperidine rings is 1. The number of amides is 1. The molecule has 1 aliphatic rings. The molecule has 1 amide bonds. The molecule has 1 atom stereocenters. The number of aryl methyl sites for hydroxylation is 2. The molecule has 0 bridgehead atoms. The third kappa shape index (κ3) is 2.94. The zero-order chi connectivity index (χ0) is 18.3. The van der Waals surface area contributed by atoms with Gasteiger partial charge in [0.15, 0.2) is 0 Å². The molecule has 4 rings (SSSR count). The highest BCUT2D eigenvalue weighted by molar-refractivity contribution is 7.20. The van der Waals surface area contributed by atoms with Crippen molar-refractivity contribution >= 4 is 27.5 Å². The third-order valence-corrected chi connectivity index (χ3v) is 6.49. The summed E-state index contributed by atoms with van der Waals surface area (Å²) in [6.07, 6.45) is 4.51. The number of aromatic nitrogens is 2. The molecule has 1 saturated heterocycles. The Bertz CT molecular complexity index is 938. The molecule has 0 spiro atoms. The smallest absolute Gasteiger partial charge is 0.264 e. The fourth-order valence-corrected chi connectivity index (χ4v) is 4.99. The van der Waals surface area contributed by atoms with E-state index in [2.05, 4.69) is 43.0 Å². The van der Waals surface area contributed by atoms with Gasteiger partial charge < -0.3 is 4.90 Å². The van der Waals surface area contributed by atoms with E-state index in [1.807, 2.05) is 17.7 Å². The van der Waals surface area contributed by atoms with Gasteiger partial charge in [-0.3, -0.25) is 4.79 Å². The molecular formula is C21H25N3OS. The molecule has 0 saturated carbocycles. The van der Waals surface area contributed by atoms with Crippen molar-refractivity contribution in [2.75, 3.05) is 6.54 Å². The highest BCUT2D eigenvalue weighted by Gasteiger charge is 2.28. The number of nitrogens with zero attached hydrogens (tertiary/aromatic N) is 3. The summed E-state index contributed by atoms with van der Waals surface area (Å²) >= 11 is 1.57. The Labute approximate surface area is 158 Å². The largest absolute Gasteiger partial charge is 0.335 e. The van der Waals surface area contributed by atoms with Gasteiger partial charge in [0, 0.05) is 18.0 Å². The zero-order valence-corrected chi connectivity index (χ0v) is 16.5. The first kappa shape index (κ1) is 17.3. The molecule has 2 aromatic heterocycles. The van der Waals surface area contributed by atoms with Crippen molar-refractivity contribution in [1.29, 1.82) is 0 Å². The third-order valence-electron chi connectivity index (χ3n) is 5.39. The maximum atomic E-state index is 13.1. The van der Waals surface area contributed by atoms with E-state index in [0.717, 1.165) is 52.3 Å². The number of benzene rings is 1. The van der Waals surface area contributed by atoms with E-state index in [-0.39, 0.29) is 5.91 Å². The number of hydrogen-bond acceptors (Lipinski definition) is 3. The van der Waals surface area contributed by atoms with Gasteiger partial charge in [0.05, 0.1) is 16.3 Å². The fourth-order valence-electron chi connectivity index (χ4n) is 3.85. The van der Waals surface area contributed by atoms with Gasteiger partial charge in [-0.1, -0.05) is 24.6 Å². The van der Waals surface area contributed by atoms with Crippen LogP contribution >= 0.6 is 11.3 Å². The first-order chi connectivity index (χ1) is 12.6. The lowest BCUT2D eigenvalue weighted by Gasteiger charge is -2.35. The highest BCUT2D eigenvalue weighted by atomic mass is 32.1. The highest BCUT2D eigenvalue weighted by Crippen LogP contribution is 2.32. The molecule has 0 unspecified atom stereocenters. The van der Waals surface area contributed by atoms with Crippen molar-refractivity contribution in [3.63, 3.8) is 0 Å². The van der Waals surface area contributed by atoms with Gasteiger partial charge in [0.25, 0.3) is 5.91 Å². The average Bonchev–Trinajstić information content (AvgIpc) is 3.23. The van der Waals surface area contributed by atoms with Crippen LogP contribution in [0.5, 0.6) is 0 Å². The number of carbonyl (C=O) groups is 1. The number of likely N-dealkylation sites (tertiary alicyclic amines) is 1. The minimum atomic E-state index is 0.188. The van der Waals surface area contributed by atoms with Crippen LogP contribution in [0.2, 0.25) is 0 Å². The summed E-state index contributed by atoms with van der Waals surface area (Å²) in [6, 6.07) is 10.8. The van der Waals surface area contributed by atoms with Crippen LogP contribution in [-0.4, -0.2) is 33.2 Å². The molecule has 136 valence electrons. The van der Waals surface area contributed by atoms with E-state index in [9.17, 15) is 4.79 Å². The standard InChI is InChI=1S/C21H25N3OS/c1-4-16-7-5-6-12-23(16)20(25)19-13-18-15(3)22-24(21(18)26-19)17-10-8-14(2)9-11-17/h8-11,13,16H,4-7,12H2,1-3H3/t16-/m0/s1. The predicted molar refractivity (Wildman–Crippen MR) is 107 cm³/mol. The quantitative estimate of drug-likeness (QED) is 0.645. The molecule has 1 aliphatic heterocycles. The summed E-state index contributed by atoms with van der Waals surface area (Å²) < 4.78 is 1.97. The molecule has 3 aromatic rings. The monoisotopic (exact) mass is 367 g/mol. The SMILES string of the molecule is CC[C@H]1CCCCN1C(=O)c1cc2c(C)nn(-c3ccc(C)cc3)c2s1. The van der Waals surface area contributed by atoms with Crippen LogP contribution in [0.1, 0.15) is 53.5 Å². The van der Waals surface area contributed by atoms with E-state index >= 15 is 0 Å². The maximum Gasteiger partial charge on any atom is 0.264 e. The first-order valence-electron chi connectivity index (χ1n) is 9.45. The van der Waals surface area contributed by atoms with Gasteiger partial charge in [-0.2, -0.15) is 5.10 Å². The Kier molecular flexibility index (Phi) is 4.57. The molecule has 1 aromatic carbocycles. The average molecular weight is 368 g/mol. The van der Waals surface area contributed by atoms with Gasteiger partial charge in [0.1, 0.15) is 4.83 Å². The Morgan fingerprint density at radius 2 is 2.00 bits per heavy atom. The van der Waals surface area contributed by atoms with Crippen LogP contribution in [0.4, 0.5) is 0 Å². The molecule has 5 heteroatoms. The minimum Gasteiger partial charge on any atom is -0.335 e. The molecule has 4 nitrogen and oxygen atoms in total. The zero-order valence-electron chi connectivity index (χ0n) is 15.7. The van der Waals surface area contributed by atoms with Crippen molar-refractivity contribution in [3.8, 4) is 5.69 Å². The van der Waals surface area contributed by atoms with E-state index in [4.69, 9.17) is 5.10 Å². The summed E-state index contributed by atoms with van der Waals surface area (Å²) in [7, 11) is 0. The number of fused-ring (bicyclic) bond motifs is 1. The van der Waals surface area contributed by atoms with Gasteiger partial charge >= 0.3 is 0 Å². The van der Waals surface area contributed by atoms with Gasteiger partial charge in [-0.25, -0.2) is 4.68 Å². The van der Waals surface area contributed by atoms with Crippen molar-refractivity contribution in [2.24, 2.45) is 0 Å². The van der Waals surface area contributed by atoms with Crippen molar-refractivity contribution in [2.45, 2.75) is 52.5 Å². The van der Waals surface area contributed by atoms with E-state index in [1.54, 1.807) is 11.3 Å². The van der Waals surface area contributed by atoms with Crippen LogP contribution in [0, 0.1) is 13.8 Å². The Balaban J connectivity index is 1.72. The Morgan fingerprint density at radius 1 is 1.23 bits per heavy atom.